The second kappa shape index (κ2) is 12.9. The highest BCUT2D eigenvalue weighted by atomic mass is 16.6. The van der Waals surface area contributed by atoms with Crippen molar-refractivity contribution in [2.24, 2.45) is 5.92 Å². The number of piperazine rings is 1. The highest BCUT2D eigenvalue weighted by Gasteiger charge is 2.29. The molecule has 2 atom stereocenters. The number of amides is 2. The van der Waals surface area contributed by atoms with Crippen LogP contribution in [0.25, 0.3) is 16.6 Å². The van der Waals surface area contributed by atoms with Crippen LogP contribution in [-0.4, -0.2) is 101 Å². The third-order valence-corrected chi connectivity index (χ3v) is 7.65. The fraction of sp³-hybridized carbons (Fsp3) is 0.469. The van der Waals surface area contributed by atoms with Crippen LogP contribution in [0.2, 0.25) is 0 Å². The molecule has 0 saturated carbocycles. The Labute approximate surface area is 257 Å². The second-order valence-electron chi connectivity index (χ2n) is 12.0. The van der Waals surface area contributed by atoms with Crippen LogP contribution in [0.15, 0.2) is 49.4 Å². The Kier molecular flexibility index (Phi) is 9.06. The zero-order valence-corrected chi connectivity index (χ0v) is 25.7. The van der Waals surface area contributed by atoms with E-state index in [2.05, 4.69) is 22.6 Å². The molecule has 5 heterocycles. The van der Waals surface area contributed by atoms with Gasteiger partial charge in [-0.05, 0) is 39.0 Å². The van der Waals surface area contributed by atoms with E-state index in [0.29, 0.717) is 62.7 Å². The molecule has 2 saturated heterocycles. The van der Waals surface area contributed by atoms with Crippen LogP contribution < -0.4 is 9.64 Å². The van der Waals surface area contributed by atoms with Gasteiger partial charge in [0.2, 0.25) is 5.91 Å². The topological polar surface area (TPSA) is 126 Å². The van der Waals surface area contributed by atoms with Gasteiger partial charge in [0.25, 0.3) is 0 Å². The third kappa shape index (κ3) is 6.94. The van der Waals surface area contributed by atoms with Crippen LogP contribution in [0, 0.1) is 17.2 Å². The molecule has 2 aliphatic rings. The van der Waals surface area contributed by atoms with E-state index in [1.807, 2.05) is 50.8 Å². The number of ether oxygens (including phenoxy) is 3. The van der Waals surface area contributed by atoms with Crippen molar-refractivity contribution in [2.75, 3.05) is 57.4 Å². The van der Waals surface area contributed by atoms with Gasteiger partial charge in [0.1, 0.15) is 35.9 Å². The van der Waals surface area contributed by atoms with E-state index in [9.17, 15) is 14.9 Å². The Bertz CT molecular complexity index is 1550. The Morgan fingerprint density at radius 3 is 2.61 bits per heavy atom. The zero-order chi connectivity index (χ0) is 31.4. The van der Waals surface area contributed by atoms with Crippen molar-refractivity contribution in [1.29, 1.82) is 5.26 Å². The SMILES string of the molecule is C=CC(C)C(=O)N1CCN(c2ccc(-c3cc(OC[C@@H]4CN(C(=O)OC(C)(C)C)CCO4)cn4ncc(C#N)c34)cn2)CC1. The third-order valence-electron chi connectivity index (χ3n) is 7.65. The maximum atomic E-state index is 12.6. The molecule has 0 radical (unpaired) electrons. The monoisotopic (exact) mass is 601 g/mol. The van der Waals surface area contributed by atoms with Gasteiger partial charge < -0.3 is 28.9 Å². The summed E-state index contributed by atoms with van der Waals surface area (Å²) >= 11 is 0. The maximum absolute atomic E-state index is 12.6. The molecule has 5 rings (SSSR count). The number of rotatable bonds is 7. The molecule has 12 nitrogen and oxygen atoms in total. The van der Waals surface area contributed by atoms with Gasteiger partial charge in [-0.3, -0.25) is 4.79 Å². The summed E-state index contributed by atoms with van der Waals surface area (Å²) in [6.45, 7) is 15.2. The van der Waals surface area contributed by atoms with E-state index < -0.39 is 5.60 Å². The number of hydrogen-bond acceptors (Lipinski definition) is 9. The maximum Gasteiger partial charge on any atom is 0.410 e. The molecule has 0 bridgehead atoms. The van der Waals surface area contributed by atoms with Gasteiger partial charge in [-0.1, -0.05) is 13.0 Å². The van der Waals surface area contributed by atoms with Gasteiger partial charge in [0, 0.05) is 50.0 Å². The number of carbonyl (C=O) groups is 2. The number of hydrogen-bond donors (Lipinski definition) is 0. The first kappa shape index (κ1) is 30.8. The Morgan fingerprint density at radius 2 is 1.95 bits per heavy atom. The minimum atomic E-state index is -0.578. The largest absolute Gasteiger partial charge is 0.489 e. The lowest BCUT2D eigenvalue weighted by Crippen LogP contribution is -2.50. The highest BCUT2D eigenvalue weighted by molar-refractivity contribution is 5.85. The number of morpholine rings is 1. The summed E-state index contributed by atoms with van der Waals surface area (Å²) < 4.78 is 19.2. The van der Waals surface area contributed by atoms with Gasteiger partial charge in [-0.15, -0.1) is 6.58 Å². The van der Waals surface area contributed by atoms with E-state index in [4.69, 9.17) is 19.2 Å². The van der Waals surface area contributed by atoms with Gasteiger partial charge in [-0.25, -0.2) is 14.3 Å². The number of fused-ring (bicyclic) bond motifs is 1. The standard InChI is InChI=1S/C32H39N7O5/c1-6-22(2)30(40)37-11-9-36(10-12-37)28-8-7-23(17-34-28)27-15-25(20-39-29(27)24(16-33)18-35-39)43-21-26-19-38(13-14-42-26)31(41)44-32(3,4)5/h6-8,15,17-18,20,22,26H,1,9-14,19,21H2,2-5H3/t22?,26-/m0/s1. The van der Waals surface area contributed by atoms with Crippen molar-refractivity contribution in [1.82, 2.24) is 24.4 Å². The molecule has 0 spiro atoms. The summed E-state index contributed by atoms with van der Waals surface area (Å²) in [7, 11) is 0. The number of aromatic nitrogens is 3. The molecule has 2 amide bonds. The van der Waals surface area contributed by atoms with E-state index in [1.54, 1.807) is 27.9 Å². The van der Waals surface area contributed by atoms with Crippen molar-refractivity contribution in [2.45, 2.75) is 39.4 Å². The minimum absolute atomic E-state index is 0.0959. The van der Waals surface area contributed by atoms with Gasteiger partial charge in [0.15, 0.2) is 0 Å². The van der Waals surface area contributed by atoms with Crippen LogP contribution in [0.3, 0.4) is 0 Å². The number of nitrogens with zero attached hydrogens (tertiary/aromatic N) is 7. The summed E-state index contributed by atoms with van der Waals surface area (Å²) in [6.07, 6.45) is 6.01. The number of carbonyl (C=O) groups excluding carboxylic acids is 2. The highest BCUT2D eigenvalue weighted by Crippen LogP contribution is 2.32. The molecule has 2 aliphatic heterocycles. The summed E-state index contributed by atoms with van der Waals surface area (Å²) in [5.41, 5.74) is 2.08. The molecule has 3 aromatic heterocycles. The lowest BCUT2D eigenvalue weighted by atomic mass is 10.1. The Hall–Kier alpha value is -4.63. The first-order chi connectivity index (χ1) is 21.1. The van der Waals surface area contributed by atoms with Crippen molar-refractivity contribution in [3.63, 3.8) is 0 Å². The number of pyridine rings is 2. The van der Waals surface area contributed by atoms with Crippen molar-refractivity contribution in [3.8, 4) is 22.9 Å². The molecule has 0 aliphatic carbocycles. The molecule has 232 valence electrons. The number of anilines is 1. The van der Waals surface area contributed by atoms with E-state index in [1.165, 1.54) is 6.20 Å². The van der Waals surface area contributed by atoms with E-state index >= 15 is 0 Å². The van der Waals surface area contributed by atoms with Crippen molar-refractivity contribution in [3.05, 3.63) is 55.0 Å². The fourth-order valence-electron chi connectivity index (χ4n) is 5.26. The Balaban J connectivity index is 1.29. The molecule has 2 fully saturated rings. The lowest BCUT2D eigenvalue weighted by Gasteiger charge is -2.36. The van der Waals surface area contributed by atoms with Crippen LogP contribution in [0.1, 0.15) is 33.3 Å². The average molecular weight is 602 g/mol. The van der Waals surface area contributed by atoms with Crippen molar-refractivity contribution >= 4 is 23.3 Å². The summed E-state index contributed by atoms with van der Waals surface area (Å²) in [5, 5.41) is 14.1. The quantitative estimate of drug-likeness (QED) is 0.372. The first-order valence-electron chi connectivity index (χ1n) is 14.8. The second-order valence-corrected chi connectivity index (χ2v) is 12.0. The summed E-state index contributed by atoms with van der Waals surface area (Å²) in [6, 6.07) is 8.01. The molecule has 1 unspecified atom stereocenters. The zero-order valence-electron chi connectivity index (χ0n) is 25.7. The molecular weight excluding hydrogens is 562 g/mol. The number of nitriles is 1. The molecule has 0 aromatic carbocycles. The van der Waals surface area contributed by atoms with E-state index in [-0.39, 0.29) is 30.6 Å². The predicted molar refractivity (Wildman–Crippen MR) is 164 cm³/mol. The molecule has 44 heavy (non-hydrogen) atoms. The van der Waals surface area contributed by atoms with Gasteiger partial charge >= 0.3 is 6.09 Å². The van der Waals surface area contributed by atoms with Crippen LogP contribution in [0.4, 0.5) is 10.6 Å². The summed E-state index contributed by atoms with van der Waals surface area (Å²) in [4.78, 5) is 35.5. The molecule has 12 heteroatoms. The van der Waals surface area contributed by atoms with Crippen LogP contribution in [-0.2, 0) is 14.3 Å². The van der Waals surface area contributed by atoms with Gasteiger partial charge in [0.05, 0.1) is 42.5 Å². The smallest absolute Gasteiger partial charge is 0.410 e. The Morgan fingerprint density at radius 1 is 1.18 bits per heavy atom. The van der Waals surface area contributed by atoms with Crippen LogP contribution in [0.5, 0.6) is 5.75 Å². The lowest BCUT2D eigenvalue weighted by molar-refractivity contribution is -0.133. The van der Waals surface area contributed by atoms with Crippen LogP contribution >= 0.6 is 0 Å². The van der Waals surface area contributed by atoms with Gasteiger partial charge in [-0.2, -0.15) is 10.4 Å². The van der Waals surface area contributed by atoms with Crippen molar-refractivity contribution < 1.29 is 23.8 Å². The fourth-order valence-corrected chi connectivity index (χ4v) is 5.26. The molecule has 3 aromatic rings. The molecular formula is C32H39N7O5. The normalized spacial score (nSPS) is 18.1. The average Bonchev–Trinajstić information content (AvgIpc) is 3.45. The minimum Gasteiger partial charge on any atom is -0.489 e. The predicted octanol–water partition coefficient (Wildman–Crippen LogP) is 3.75. The first-order valence-corrected chi connectivity index (χ1v) is 14.8. The van der Waals surface area contributed by atoms with E-state index in [0.717, 1.165) is 16.9 Å². The molecule has 0 N–H and O–H groups in total. The summed E-state index contributed by atoms with van der Waals surface area (Å²) in [5.74, 6) is 1.26.